The third kappa shape index (κ3) is 5.71. The van der Waals surface area contributed by atoms with E-state index in [4.69, 9.17) is 9.47 Å². The van der Waals surface area contributed by atoms with Crippen LogP contribution in [0.4, 0.5) is 0 Å². The van der Waals surface area contributed by atoms with Crippen molar-refractivity contribution in [3.05, 3.63) is 35.9 Å². The van der Waals surface area contributed by atoms with Gasteiger partial charge in [0.15, 0.2) is 0 Å². The molecule has 7 nitrogen and oxygen atoms in total. The van der Waals surface area contributed by atoms with E-state index in [0.29, 0.717) is 51.2 Å². The minimum Gasteiger partial charge on any atom is -0.379 e. The number of benzene rings is 1. The lowest BCUT2D eigenvalue weighted by Gasteiger charge is -2.45. The predicted octanol–water partition coefficient (Wildman–Crippen LogP) is 2.53. The molecule has 178 valence electrons. The molecule has 1 aromatic carbocycles. The van der Waals surface area contributed by atoms with Crippen molar-refractivity contribution in [3.8, 4) is 0 Å². The van der Waals surface area contributed by atoms with Crippen molar-refractivity contribution in [1.29, 1.82) is 0 Å². The fraction of sp³-hybridized carbons (Fsp3) is 0.708. The molecule has 0 spiro atoms. The molecule has 3 aliphatic rings. The number of carbonyl (C=O) groups is 1. The maximum absolute atomic E-state index is 13.0. The highest BCUT2D eigenvalue weighted by Gasteiger charge is 2.46. The number of nitrogens with one attached hydrogen (secondary N) is 1. The van der Waals surface area contributed by atoms with Gasteiger partial charge in [-0.3, -0.25) is 4.79 Å². The smallest absolute Gasteiger partial charge is 0.233 e. The maximum atomic E-state index is 13.0. The Balaban J connectivity index is 1.33. The maximum Gasteiger partial charge on any atom is 0.233 e. The second kappa shape index (κ2) is 9.79. The Morgan fingerprint density at radius 3 is 2.44 bits per heavy atom. The van der Waals surface area contributed by atoms with Crippen LogP contribution in [0.15, 0.2) is 30.3 Å². The molecule has 1 aromatic rings. The van der Waals surface area contributed by atoms with E-state index in [2.05, 4.69) is 35.1 Å². The van der Waals surface area contributed by atoms with Gasteiger partial charge in [-0.2, -0.15) is 0 Å². The Bertz CT molecular complexity index is 879. The summed E-state index contributed by atoms with van der Waals surface area (Å²) in [6, 6.07) is 10.4. The summed E-state index contributed by atoms with van der Waals surface area (Å²) in [6.45, 7) is 4.38. The molecule has 8 heteroatoms. The summed E-state index contributed by atoms with van der Waals surface area (Å²) in [5.41, 5.74) is 0.955. The van der Waals surface area contributed by atoms with Crippen LogP contribution >= 0.6 is 0 Å². The summed E-state index contributed by atoms with van der Waals surface area (Å²) in [6.07, 6.45) is 5.91. The number of ether oxygens (including phenoxy) is 2. The monoisotopic (exact) mass is 464 g/mol. The fourth-order valence-corrected chi connectivity index (χ4v) is 6.06. The van der Waals surface area contributed by atoms with Gasteiger partial charge in [0.2, 0.25) is 15.9 Å². The molecule has 4 rings (SSSR count). The summed E-state index contributed by atoms with van der Waals surface area (Å²) in [5, 5.41) is 0. The normalized spacial score (nSPS) is 30.5. The number of hydrogen-bond acceptors (Lipinski definition) is 5. The van der Waals surface area contributed by atoms with Gasteiger partial charge >= 0.3 is 0 Å². The number of likely N-dealkylation sites (tertiary alicyclic amines) is 1. The van der Waals surface area contributed by atoms with E-state index in [0.717, 1.165) is 25.7 Å². The van der Waals surface area contributed by atoms with Crippen LogP contribution in [0, 0.1) is 11.3 Å². The van der Waals surface area contributed by atoms with Crippen molar-refractivity contribution >= 4 is 15.9 Å². The number of nitrogens with zero attached hydrogens (tertiary/aromatic N) is 1. The van der Waals surface area contributed by atoms with Gasteiger partial charge in [-0.25, -0.2) is 13.1 Å². The average molecular weight is 465 g/mol. The lowest BCUT2D eigenvalue weighted by Crippen LogP contribution is -2.61. The number of sulfonamides is 1. The lowest BCUT2D eigenvalue weighted by molar-refractivity contribution is -0.173. The molecule has 1 N–H and O–H groups in total. The molecule has 0 aromatic heterocycles. The van der Waals surface area contributed by atoms with E-state index < -0.39 is 15.4 Å². The van der Waals surface area contributed by atoms with Gasteiger partial charge < -0.3 is 14.4 Å². The molecule has 2 heterocycles. The summed E-state index contributed by atoms with van der Waals surface area (Å²) in [5.74, 6) is 1.16. The number of carbonyl (C=O) groups excluding carboxylic acids is 1. The minimum absolute atomic E-state index is 0.0820. The van der Waals surface area contributed by atoms with E-state index >= 15 is 0 Å². The summed E-state index contributed by atoms with van der Waals surface area (Å²) >= 11 is 0. The Labute approximate surface area is 191 Å². The molecule has 2 atom stereocenters. The van der Waals surface area contributed by atoms with Crippen LogP contribution < -0.4 is 4.72 Å². The zero-order valence-electron chi connectivity index (χ0n) is 19.2. The Hall–Kier alpha value is -1.48. The molecular formula is C24H36N2O5S. The highest BCUT2D eigenvalue weighted by atomic mass is 32.2. The van der Waals surface area contributed by atoms with Gasteiger partial charge in [0.25, 0.3) is 0 Å². The third-order valence-corrected chi connectivity index (χ3v) is 7.96. The highest BCUT2D eigenvalue weighted by Crippen LogP contribution is 2.36. The van der Waals surface area contributed by atoms with Crippen molar-refractivity contribution in [3.63, 3.8) is 0 Å². The second-order valence-corrected chi connectivity index (χ2v) is 11.9. The largest absolute Gasteiger partial charge is 0.379 e. The number of hydrogen-bond donors (Lipinski definition) is 1. The second-order valence-electron chi connectivity index (χ2n) is 10.1. The first-order valence-electron chi connectivity index (χ1n) is 11.7. The zero-order valence-corrected chi connectivity index (χ0v) is 20.0. The van der Waals surface area contributed by atoms with Crippen LogP contribution in [0.1, 0.15) is 50.5 Å². The molecule has 1 saturated carbocycles. The van der Waals surface area contributed by atoms with E-state index in [9.17, 15) is 13.2 Å². The summed E-state index contributed by atoms with van der Waals surface area (Å²) in [7, 11) is -3.35. The molecule has 3 fully saturated rings. The van der Waals surface area contributed by atoms with Crippen molar-refractivity contribution in [2.45, 2.75) is 57.1 Å². The van der Waals surface area contributed by atoms with Gasteiger partial charge in [-0.1, -0.05) is 30.3 Å². The quantitative estimate of drug-likeness (QED) is 0.670. The number of rotatable bonds is 7. The van der Waals surface area contributed by atoms with E-state index in [1.54, 1.807) is 0 Å². The first-order chi connectivity index (χ1) is 15.2. The zero-order chi connectivity index (χ0) is 22.8. The fourth-order valence-electron chi connectivity index (χ4n) is 5.24. The molecule has 2 aliphatic heterocycles. The lowest BCUT2D eigenvalue weighted by atomic mass is 9.79. The Morgan fingerprint density at radius 1 is 1.16 bits per heavy atom. The van der Waals surface area contributed by atoms with Crippen LogP contribution in [0.5, 0.6) is 0 Å². The van der Waals surface area contributed by atoms with Gasteiger partial charge in [-0.15, -0.1) is 0 Å². The van der Waals surface area contributed by atoms with Gasteiger partial charge in [0, 0.05) is 19.7 Å². The average Bonchev–Trinajstić information content (AvgIpc) is 2.76. The van der Waals surface area contributed by atoms with Crippen LogP contribution in [0.2, 0.25) is 0 Å². The van der Waals surface area contributed by atoms with Crippen LogP contribution in [-0.4, -0.2) is 70.5 Å². The highest BCUT2D eigenvalue weighted by molar-refractivity contribution is 7.88. The Kier molecular flexibility index (Phi) is 7.24. The van der Waals surface area contributed by atoms with Gasteiger partial charge in [-0.05, 0) is 56.4 Å². The predicted molar refractivity (Wildman–Crippen MR) is 123 cm³/mol. The molecule has 0 unspecified atom stereocenters. The topological polar surface area (TPSA) is 84.9 Å². The van der Waals surface area contributed by atoms with Gasteiger partial charge in [0.1, 0.15) is 0 Å². The van der Waals surface area contributed by atoms with Crippen LogP contribution in [0.25, 0.3) is 0 Å². The van der Waals surface area contributed by atoms with Crippen LogP contribution in [-0.2, 0) is 24.3 Å². The SMILES string of the molecule is CC1(C(=O)N2CC[C@@H](NS(C)(=O)=O)[C@@H](OCC3CCC(c4ccccc4)CC3)C2)COC1. The third-order valence-electron chi connectivity index (χ3n) is 7.23. The van der Waals surface area contributed by atoms with Crippen molar-refractivity contribution in [2.24, 2.45) is 11.3 Å². The number of piperidine rings is 1. The van der Waals surface area contributed by atoms with E-state index in [-0.39, 0.29) is 18.1 Å². The molecular weight excluding hydrogens is 428 g/mol. The molecule has 0 bridgehead atoms. The molecule has 2 saturated heterocycles. The summed E-state index contributed by atoms with van der Waals surface area (Å²) < 4.78 is 38.1. The first kappa shape index (κ1) is 23.7. The van der Waals surface area contributed by atoms with Crippen molar-refractivity contribution in [2.75, 3.05) is 39.2 Å². The molecule has 1 amide bonds. The molecule has 32 heavy (non-hydrogen) atoms. The molecule has 1 aliphatic carbocycles. The van der Waals surface area contributed by atoms with E-state index in [1.807, 2.05) is 11.8 Å². The van der Waals surface area contributed by atoms with E-state index in [1.165, 1.54) is 11.8 Å². The molecule has 0 radical (unpaired) electrons. The summed E-state index contributed by atoms with van der Waals surface area (Å²) in [4.78, 5) is 14.8. The van der Waals surface area contributed by atoms with Crippen molar-refractivity contribution < 1.29 is 22.7 Å². The number of amides is 1. The minimum atomic E-state index is -3.35. The van der Waals surface area contributed by atoms with Gasteiger partial charge in [0.05, 0.1) is 37.0 Å². The van der Waals surface area contributed by atoms with Crippen LogP contribution in [0.3, 0.4) is 0 Å². The standard InChI is InChI=1S/C24H36N2O5S/c1-24(16-30-17-24)23(27)26-13-12-21(25-32(2,28)29)22(14-26)31-15-18-8-10-20(11-9-18)19-6-4-3-5-7-19/h3-7,18,20-22,25H,8-17H2,1-2H3/t18?,20?,21-,22+/m1/s1. The first-order valence-corrected chi connectivity index (χ1v) is 13.6. The van der Waals surface area contributed by atoms with Crippen molar-refractivity contribution in [1.82, 2.24) is 9.62 Å². The Morgan fingerprint density at radius 2 is 1.84 bits per heavy atom.